The summed E-state index contributed by atoms with van der Waals surface area (Å²) >= 11 is 0. The monoisotopic (exact) mass is 261 g/mol. The van der Waals surface area contributed by atoms with Crippen molar-refractivity contribution in [1.82, 2.24) is 5.32 Å². The lowest BCUT2D eigenvalue weighted by atomic mass is 9.84. The van der Waals surface area contributed by atoms with Gasteiger partial charge in [-0.05, 0) is 49.3 Å². The Kier molecular flexibility index (Phi) is 3.92. The quantitative estimate of drug-likeness (QED) is 0.900. The first-order valence-electron chi connectivity index (χ1n) is 7.47. The molecule has 1 aromatic rings. The average molecular weight is 261 g/mol. The highest BCUT2D eigenvalue weighted by Gasteiger charge is 2.19. The maximum atomic E-state index is 5.41. The second-order valence-corrected chi connectivity index (χ2v) is 5.69. The Hall–Kier alpha value is -1.22. The number of hydrogen-bond donors (Lipinski definition) is 1. The van der Waals surface area contributed by atoms with Crippen molar-refractivity contribution >= 4 is 0 Å². The Morgan fingerprint density at radius 1 is 1.11 bits per heavy atom. The third kappa shape index (κ3) is 3.03. The minimum Gasteiger partial charge on any atom is -0.454 e. The fourth-order valence-corrected chi connectivity index (χ4v) is 3.09. The van der Waals surface area contributed by atoms with E-state index in [0.29, 0.717) is 12.8 Å². The van der Waals surface area contributed by atoms with E-state index in [1.54, 1.807) is 0 Å². The van der Waals surface area contributed by atoms with Crippen LogP contribution < -0.4 is 14.8 Å². The molecule has 104 valence electrons. The van der Waals surface area contributed by atoms with Crippen molar-refractivity contribution in [2.24, 2.45) is 5.92 Å². The maximum Gasteiger partial charge on any atom is 0.231 e. The molecule has 0 saturated heterocycles. The smallest absolute Gasteiger partial charge is 0.231 e. The van der Waals surface area contributed by atoms with Gasteiger partial charge in [-0.15, -0.1) is 0 Å². The number of ether oxygens (including phenoxy) is 2. The summed E-state index contributed by atoms with van der Waals surface area (Å²) < 4.78 is 10.7. The number of nitrogens with one attached hydrogen (secondary N) is 1. The predicted molar refractivity (Wildman–Crippen MR) is 75.4 cm³/mol. The highest BCUT2D eigenvalue weighted by molar-refractivity contribution is 5.44. The van der Waals surface area contributed by atoms with Crippen molar-refractivity contribution in [2.75, 3.05) is 6.79 Å². The minimum atomic E-state index is 0.354. The molecule has 0 radical (unpaired) electrons. The SMILES string of the molecule is CCC1CCC(NCc2ccc3c(c2)OCO3)CC1. The van der Waals surface area contributed by atoms with Crippen LogP contribution in [-0.4, -0.2) is 12.8 Å². The van der Waals surface area contributed by atoms with E-state index in [-0.39, 0.29) is 0 Å². The summed E-state index contributed by atoms with van der Waals surface area (Å²) in [5, 5.41) is 3.68. The zero-order valence-electron chi connectivity index (χ0n) is 11.7. The van der Waals surface area contributed by atoms with Crippen LogP contribution in [0.5, 0.6) is 11.5 Å². The Labute approximate surface area is 115 Å². The van der Waals surface area contributed by atoms with Crippen LogP contribution in [0.15, 0.2) is 18.2 Å². The fraction of sp³-hybridized carbons (Fsp3) is 0.625. The van der Waals surface area contributed by atoms with Gasteiger partial charge in [-0.25, -0.2) is 0 Å². The van der Waals surface area contributed by atoms with E-state index < -0.39 is 0 Å². The fourth-order valence-electron chi connectivity index (χ4n) is 3.09. The molecule has 3 nitrogen and oxygen atoms in total. The van der Waals surface area contributed by atoms with Gasteiger partial charge in [-0.3, -0.25) is 0 Å². The summed E-state index contributed by atoms with van der Waals surface area (Å²) in [4.78, 5) is 0. The Morgan fingerprint density at radius 2 is 1.89 bits per heavy atom. The number of benzene rings is 1. The zero-order chi connectivity index (χ0) is 13.1. The van der Waals surface area contributed by atoms with Crippen molar-refractivity contribution in [3.63, 3.8) is 0 Å². The van der Waals surface area contributed by atoms with Gasteiger partial charge in [0.25, 0.3) is 0 Å². The van der Waals surface area contributed by atoms with Gasteiger partial charge in [0.15, 0.2) is 11.5 Å². The third-order valence-corrected chi connectivity index (χ3v) is 4.46. The van der Waals surface area contributed by atoms with Crippen molar-refractivity contribution in [3.8, 4) is 11.5 Å². The molecule has 0 atom stereocenters. The topological polar surface area (TPSA) is 30.5 Å². The summed E-state index contributed by atoms with van der Waals surface area (Å²) in [5.74, 6) is 2.71. The van der Waals surface area contributed by atoms with Crippen LogP contribution in [0.4, 0.5) is 0 Å². The number of hydrogen-bond acceptors (Lipinski definition) is 3. The average Bonchev–Trinajstić information content (AvgIpc) is 2.93. The van der Waals surface area contributed by atoms with E-state index >= 15 is 0 Å². The lowest BCUT2D eigenvalue weighted by Gasteiger charge is -2.28. The first-order valence-corrected chi connectivity index (χ1v) is 7.47. The first kappa shape index (κ1) is 12.8. The molecule has 0 aromatic heterocycles. The molecular weight excluding hydrogens is 238 g/mol. The Bertz CT molecular complexity index is 425. The highest BCUT2D eigenvalue weighted by Crippen LogP contribution is 2.32. The van der Waals surface area contributed by atoms with Gasteiger partial charge in [0.2, 0.25) is 6.79 Å². The molecule has 0 amide bonds. The van der Waals surface area contributed by atoms with Crippen LogP contribution in [0.1, 0.15) is 44.6 Å². The summed E-state index contributed by atoms with van der Waals surface area (Å²) in [6, 6.07) is 6.91. The van der Waals surface area contributed by atoms with Crippen molar-refractivity contribution < 1.29 is 9.47 Å². The van der Waals surface area contributed by atoms with Gasteiger partial charge in [-0.1, -0.05) is 19.4 Å². The van der Waals surface area contributed by atoms with Crippen molar-refractivity contribution in [1.29, 1.82) is 0 Å². The van der Waals surface area contributed by atoms with E-state index in [9.17, 15) is 0 Å². The second kappa shape index (κ2) is 5.83. The van der Waals surface area contributed by atoms with Crippen LogP contribution in [0.2, 0.25) is 0 Å². The number of fused-ring (bicyclic) bond motifs is 1. The molecule has 1 N–H and O–H groups in total. The molecule has 1 aliphatic heterocycles. The molecule has 1 aliphatic carbocycles. The summed E-state index contributed by atoms with van der Waals surface area (Å²) in [6.45, 7) is 3.59. The molecule has 19 heavy (non-hydrogen) atoms. The minimum absolute atomic E-state index is 0.354. The van der Waals surface area contributed by atoms with Gasteiger partial charge in [0.1, 0.15) is 0 Å². The van der Waals surface area contributed by atoms with Gasteiger partial charge >= 0.3 is 0 Å². The van der Waals surface area contributed by atoms with Crippen LogP contribution >= 0.6 is 0 Å². The van der Waals surface area contributed by atoms with Gasteiger partial charge in [0, 0.05) is 12.6 Å². The molecular formula is C16H23NO2. The molecule has 0 unspecified atom stereocenters. The third-order valence-electron chi connectivity index (χ3n) is 4.46. The standard InChI is InChI=1S/C16H23NO2/c1-2-12-3-6-14(7-4-12)17-10-13-5-8-15-16(9-13)19-11-18-15/h5,8-9,12,14,17H,2-4,6-7,10-11H2,1H3. The van der Waals surface area contributed by atoms with Crippen molar-refractivity contribution in [2.45, 2.75) is 51.6 Å². The molecule has 0 spiro atoms. The lowest BCUT2D eigenvalue weighted by Crippen LogP contribution is -2.32. The first-order chi connectivity index (χ1) is 9.35. The number of rotatable bonds is 4. The van der Waals surface area contributed by atoms with E-state index in [1.165, 1.54) is 37.7 Å². The van der Waals surface area contributed by atoms with Gasteiger partial charge < -0.3 is 14.8 Å². The van der Waals surface area contributed by atoms with Crippen LogP contribution in [0, 0.1) is 5.92 Å². The van der Waals surface area contributed by atoms with E-state index in [4.69, 9.17) is 9.47 Å². The van der Waals surface area contributed by atoms with Crippen LogP contribution in [0.25, 0.3) is 0 Å². The molecule has 3 heteroatoms. The Morgan fingerprint density at radius 3 is 2.68 bits per heavy atom. The second-order valence-electron chi connectivity index (χ2n) is 5.69. The molecule has 3 rings (SSSR count). The Balaban J connectivity index is 1.50. The molecule has 1 heterocycles. The predicted octanol–water partition coefficient (Wildman–Crippen LogP) is 3.47. The van der Waals surface area contributed by atoms with E-state index in [1.807, 2.05) is 6.07 Å². The zero-order valence-corrected chi connectivity index (χ0v) is 11.7. The highest BCUT2D eigenvalue weighted by atomic mass is 16.7. The van der Waals surface area contributed by atoms with Crippen molar-refractivity contribution in [3.05, 3.63) is 23.8 Å². The normalized spacial score (nSPS) is 25.5. The van der Waals surface area contributed by atoms with Gasteiger partial charge in [0.05, 0.1) is 0 Å². The van der Waals surface area contributed by atoms with Crippen LogP contribution in [-0.2, 0) is 6.54 Å². The van der Waals surface area contributed by atoms with Gasteiger partial charge in [-0.2, -0.15) is 0 Å². The maximum absolute atomic E-state index is 5.41. The van der Waals surface area contributed by atoms with Crippen LogP contribution in [0.3, 0.4) is 0 Å². The van der Waals surface area contributed by atoms with E-state index in [0.717, 1.165) is 24.0 Å². The molecule has 1 aromatic carbocycles. The summed E-state index contributed by atoms with van der Waals surface area (Å²) in [6.07, 6.45) is 6.76. The summed E-state index contributed by atoms with van der Waals surface area (Å²) in [5.41, 5.74) is 1.28. The summed E-state index contributed by atoms with van der Waals surface area (Å²) in [7, 11) is 0. The molecule has 0 bridgehead atoms. The molecule has 1 fully saturated rings. The van der Waals surface area contributed by atoms with E-state index in [2.05, 4.69) is 24.4 Å². The largest absolute Gasteiger partial charge is 0.454 e. The lowest BCUT2D eigenvalue weighted by molar-refractivity contribution is 0.174. The molecule has 1 saturated carbocycles. The molecule has 2 aliphatic rings.